The topological polar surface area (TPSA) is 46.4 Å². The van der Waals surface area contributed by atoms with E-state index in [1.54, 1.807) is 16.8 Å². The molecule has 6 heteroatoms. The van der Waals surface area contributed by atoms with Crippen LogP contribution in [0.25, 0.3) is 5.52 Å². The molecule has 0 unspecified atom stereocenters. The Morgan fingerprint density at radius 2 is 2.28 bits per heavy atom. The maximum atomic E-state index is 12.0. The first-order valence-electron chi connectivity index (χ1n) is 5.21. The Hall–Kier alpha value is -1.66. The molecule has 0 aliphatic heterocycles. The van der Waals surface area contributed by atoms with Crippen LogP contribution in [0.3, 0.4) is 0 Å². The summed E-state index contributed by atoms with van der Waals surface area (Å²) in [6.07, 6.45) is 3.53. The highest BCUT2D eigenvalue weighted by molar-refractivity contribution is 9.10. The number of rotatable bonds is 2. The minimum atomic E-state index is -0.102. The van der Waals surface area contributed by atoms with Gasteiger partial charge in [-0.25, -0.2) is 4.52 Å². The lowest BCUT2D eigenvalue weighted by Crippen LogP contribution is -2.10. The van der Waals surface area contributed by atoms with Crippen molar-refractivity contribution in [1.29, 1.82) is 0 Å². The predicted molar refractivity (Wildman–Crippen MR) is 75.2 cm³/mol. The highest BCUT2D eigenvalue weighted by Crippen LogP contribution is 2.21. The summed E-state index contributed by atoms with van der Waals surface area (Å²) in [7, 11) is 0. The van der Waals surface area contributed by atoms with Crippen LogP contribution < -0.4 is 5.32 Å². The summed E-state index contributed by atoms with van der Waals surface area (Å²) in [5.74, 6) is -0.102. The van der Waals surface area contributed by atoms with Gasteiger partial charge in [-0.15, -0.1) is 11.3 Å². The molecule has 4 nitrogen and oxygen atoms in total. The highest BCUT2D eigenvalue weighted by atomic mass is 79.9. The van der Waals surface area contributed by atoms with E-state index in [1.165, 1.54) is 11.3 Å². The molecule has 0 radical (unpaired) electrons. The van der Waals surface area contributed by atoms with Crippen molar-refractivity contribution in [2.45, 2.75) is 0 Å². The van der Waals surface area contributed by atoms with E-state index >= 15 is 0 Å². The first-order valence-corrected chi connectivity index (χ1v) is 6.88. The van der Waals surface area contributed by atoms with E-state index in [9.17, 15) is 4.79 Å². The summed E-state index contributed by atoms with van der Waals surface area (Å²) in [6.45, 7) is 0. The van der Waals surface area contributed by atoms with Crippen LogP contribution in [0, 0.1) is 0 Å². The molecule has 3 aromatic rings. The van der Waals surface area contributed by atoms with Crippen LogP contribution in [0.1, 0.15) is 9.67 Å². The average molecular weight is 322 g/mol. The molecule has 0 saturated carbocycles. The third-order valence-electron chi connectivity index (χ3n) is 2.45. The van der Waals surface area contributed by atoms with Gasteiger partial charge >= 0.3 is 0 Å². The minimum absolute atomic E-state index is 0.102. The van der Waals surface area contributed by atoms with Crippen LogP contribution in [-0.2, 0) is 0 Å². The number of carbonyl (C=O) groups excluding carboxylic acids is 1. The van der Waals surface area contributed by atoms with Gasteiger partial charge in [0.25, 0.3) is 5.91 Å². The fourth-order valence-electron chi connectivity index (χ4n) is 1.62. The fraction of sp³-hybridized carbons (Fsp3) is 0. The summed E-state index contributed by atoms with van der Waals surface area (Å²) in [6, 6.07) is 7.39. The molecule has 90 valence electrons. The molecule has 1 N–H and O–H groups in total. The van der Waals surface area contributed by atoms with Crippen molar-refractivity contribution in [2.24, 2.45) is 0 Å². The summed E-state index contributed by atoms with van der Waals surface area (Å²) in [5, 5.41) is 8.85. The van der Waals surface area contributed by atoms with Crippen molar-refractivity contribution < 1.29 is 4.79 Å². The Labute approximate surface area is 115 Å². The molecule has 0 atom stereocenters. The summed E-state index contributed by atoms with van der Waals surface area (Å²) in [4.78, 5) is 12.6. The predicted octanol–water partition coefficient (Wildman–Crippen LogP) is 3.41. The van der Waals surface area contributed by atoms with Crippen molar-refractivity contribution in [3.63, 3.8) is 0 Å². The van der Waals surface area contributed by atoms with Crippen molar-refractivity contribution >= 4 is 44.4 Å². The number of nitrogens with one attached hydrogen (secondary N) is 1. The lowest BCUT2D eigenvalue weighted by Gasteiger charge is -2.03. The maximum Gasteiger partial charge on any atom is 0.265 e. The zero-order valence-electron chi connectivity index (χ0n) is 9.13. The molecule has 1 amide bonds. The molecule has 0 fully saturated rings. The summed E-state index contributed by atoms with van der Waals surface area (Å²) < 4.78 is 2.67. The van der Waals surface area contributed by atoms with Gasteiger partial charge in [-0.1, -0.05) is 0 Å². The summed E-state index contributed by atoms with van der Waals surface area (Å²) in [5.41, 5.74) is 1.71. The molecular weight excluding hydrogens is 314 g/mol. The first-order chi connectivity index (χ1) is 8.72. The van der Waals surface area contributed by atoms with Gasteiger partial charge in [0.1, 0.15) is 0 Å². The molecule has 3 aromatic heterocycles. The maximum absolute atomic E-state index is 12.0. The second kappa shape index (κ2) is 4.55. The van der Waals surface area contributed by atoms with Gasteiger partial charge in [0.05, 0.1) is 10.4 Å². The van der Waals surface area contributed by atoms with Crippen LogP contribution in [0.2, 0.25) is 0 Å². The van der Waals surface area contributed by atoms with Crippen molar-refractivity contribution in [3.8, 4) is 0 Å². The zero-order chi connectivity index (χ0) is 12.5. The van der Waals surface area contributed by atoms with E-state index in [1.807, 2.05) is 29.8 Å². The van der Waals surface area contributed by atoms with Crippen LogP contribution in [0.15, 0.2) is 46.5 Å². The van der Waals surface area contributed by atoms with Gasteiger partial charge < -0.3 is 5.32 Å². The van der Waals surface area contributed by atoms with E-state index in [4.69, 9.17) is 0 Å². The minimum Gasteiger partial charge on any atom is -0.321 e. The van der Waals surface area contributed by atoms with Gasteiger partial charge in [0.2, 0.25) is 0 Å². The number of fused-ring (bicyclic) bond motifs is 1. The zero-order valence-corrected chi connectivity index (χ0v) is 11.5. The normalized spacial score (nSPS) is 10.7. The molecule has 0 aliphatic rings. The lowest BCUT2D eigenvalue weighted by atomic mass is 10.3. The molecule has 0 spiro atoms. The number of aromatic nitrogens is 2. The molecule has 0 bridgehead atoms. The highest BCUT2D eigenvalue weighted by Gasteiger charge is 2.09. The quantitative estimate of drug-likeness (QED) is 0.786. The van der Waals surface area contributed by atoms with Crippen LogP contribution in [0.4, 0.5) is 5.69 Å². The fourth-order valence-corrected chi connectivity index (χ4v) is 2.95. The first kappa shape index (κ1) is 11.4. The molecule has 0 saturated heterocycles. The Morgan fingerprint density at radius 3 is 3.06 bits per heavy atom. The molecule has 0 aromatic carbocycles. The molecular formula is C12H8BrN3OS. The molecule has 0 aliphatic carbocycles. The number of carbonyl (C=O) groups is 1. The smallest absolute Gasteiger partial charge is 0.265 e. The third-order valence-corrected chi connectivity index (χ3v) is 4.14. The SMILES string of the molecule is O=C(Nc1ccn2nccc2c1)c1cc(Br)cs1. The number of amides is 1. The van der Waals surface area contributed by atoms with E-state index in [0.29, 0.717) is 4.88 Å². The van der Waals surface area contributed by atoms with Gasteiger partial charge in [0.15, 0.2) is 0 Å². The molecule has 3 heterocycles. The second-order valence-corrected chi connectivity index (χ2v) is 5.53. The number of hydrogen-bond acceptors (Lipinski definition) is 3. The largest absolute Gasteiger partial charge is 0.321 e. The lowest BCUT2D eigenvalue weighted by molar-refractivity contribution is 0.103. The van der Waals surface area contributed by atoms with Crippen molar-refractivity contribution in [2.75, 3.05) is 5.32 Å². The van der Waals surface area contributed by atoms with Crippen LogP contribution in [-0.4, -0.2) is 15.5 Å². The third kappa shape index (κ3) is 2.16. The number of thiophene rings is 1. The van der Waals surface area contributed by atoms with Gasteiger partial charge in [-0.3, -0.25) is 4.79 Å². The number of anilines is 1. The van der Waals surface area contributed by atoms with E-state index in [-0.39, 0.29) is 5.91 Å². The van der Waals surface area contributed by atoms with Crippen LogP contribution >= 0.6 is 27.3 Å². The Bertz CT molecular complexity index is 719. The van der Waals surface area contributed by atoms with E-state index < -0.39 is 0 Å². The Balaban J connectivity index is 1.85. The standard InChI is InChI=1S/C12H8BrN3OS/c13-8-5-11(18-7-8)12(17)15-9-2-4-16-10(6-9)1-3-14-16/h1-7H,(H,15,17). The number of hydrogen-bond donors (Lipinski definition) is 1. The van der Waals surface area contributed by atoms with Crippen molar-refractivity contribution in [1.82, 2.24) is 9.61 Å². The van der Waals surface area contributed by atoms with Gasteiger partial charge in [-0.05, 0) is 40.2 Å². The van der Waals surface area contributed by atoms with Gasteiger partial charge in [0, 0.05) is 27.9 Å². The Morgan fingerprint density at radius 1 is 1.39 bits per heavy atom. The van der Waals surface area contributed by atoms with Crippen LogP contribution in [0.5, 0.6) is 0 Å². The number of halogens is 1. The second-order valence-electron chi connectivity index (χ2n) is 3.70. The molecule has 3 rings (SSSR count). The molecule has 18 heavy (non-hydrogen) atoms. The van der Waals surface area contributed by atoms with E-state index in [2.05, 4.69) is 26.3 Å². The Kier molecular flexibility index (Phi) is 2.89. The monoisotopic (exact) mass is 321 g/mol. The van der Waals surface area contributed by atoms with E-state index in [0.717, 1.165) is 15.7 Å². The summed E-state index contributed by atoms with van der Waals surface area (Å²) >= 11 is 4.74. The van der Waals surface area contributed by atoms with Crippen molar-refractivity contribution in [3.05, 3.63) is 51.4 Å². The number of nitrogens with zero attached hydrogens (tertiary/aromatic N) is 2. The average Bonchev–Trinajstić information content (AvgIpc) is 2.96. The number of pyridine rings is 1. The van der Waals surface area contributed by atoms with Gasteiger partial charge in [-0.2, -0.15) is 5.10 Å².